The molecule has 0 saturated heterocycles. The fourth-order valence-corrected chi connectivity index (χ4v) is 1.89. The van der Waals surface area contributed by atoms with Gasteiger partial charge in [-0.2, -0.15) is 18.4 Å². The minimum absolute atomic E-state index is 0.123. The Morgan fingerprint density at radius 2 is 2.08 bits per heavy atom. The Kier molecular flexibility index (Phi) is 5.26. The van der Waals surface area contributed by atoms with Crippen molar-refractivity contribution in [3.05, 3.63) is 47.1 Å². The van der Waals surface area contributed by atoms with Gasteiger partial charge in [-0.05, 0) is 18.2 Å². The van der Waals surface area contributed by atoms with Crippen LogP contribution in [-0.4, -0.2) is 10.9 Å². The molecule has 0 atom stereocenters. The van der Waals surface area contributed by atoms with Gasteiger partial charge in [0.1, 0.15) is 11.4 Å². The number of nitriles is 1. The van der Waals surface area contributed by atoms with Crippen LogP contribution in [0.2, 0.25) is 5.02 Å². The van der Waals surface area contributed by atoms with E-state index in [4.69, 9.17) is 21.6 Å². The van der Waals surface area contributed by atoms with Crippen LogP contribution in [0, 0.1) is 11.3 Å². The number of alkyl halides is 3. The maximum absolute atomic E-state index is 12.6. The Bertz CT molecular complexity index is 803. The second-order valence-electron chi connectivity index (χ2n) is 4.49. The van der Waals surface area contributed by atoms with Crippen molar-refractivity contribution in [3.63, 3.8) is 0 Å². The molecule has 1 amide bonds. The Morgan fingerprint density at radius 3 is 2.71 bits per heavy atom. The Morgan fingerprint density at radius 1 is 1.38 bits per heavy atom. The lowest BCUT2D eigenvalue weighted by atomic mass is 10.2. The molecule has 0 radical (unpaired) electrons. The summed E-state index contributed by atoms with van der Waals surface area (Å²) in [4.78, 5) is 15.0. The lowest BCUT2D eigenvalue weighted by Gasteiger charge is -2.13. The molecule has 2 rings (SSSR count). The summed E-state index contributed by atoms with van der Waals surface area (Å²) in [5, 5.41) is 10.6. The molecule has 9 heteroatoms. The molecule has 0 saturated carbocycles. The van der Waals surface area contributed by atoms with Crippen LogP contribution in [0.1, 0.15) is 12.0 Å². The van der Waals surface area contributed by atoms with Crippen molar-refractivity contribution < 1.29 is 22.7 Å². The van der Waals surface area contributed by atoms with Gasteiger partial charge in [0.05, 0.1) is 17.3 Å². The van der Waals surface area contributed by atoms with Gasteiger partial charge < -0.3 is 10.1 Å². The van der Waals surface area contributed by atoms with Crippen LogP contribution in [-0.2, 0) is 11.0 Å². The van der Waals surface area contributed by atoms with Gasteiger partial charge in [-0.15, -0.1) is 0 Å². The monoisotopic (exact) mass is 355 g/mol. The van der Waals surface area contributed by atoms with Gasteiger partial charge in [-0.25, -0.2) is 4.98 Å². The predicted molar refractivity (Wildman–Crippen MR) is 79.6 cm³/mol. The summed E-state index contributed by atoms with van der Waals surface area (Å²) in [5.74, 6) is -0.676. The fourth-order valence-electron chi connectivity index (χ4n) is 1.68. The summed E-state index contributed by atoms with van der Waals surface area (Å²) < 4.78 is 43.2. The van der Waals surface area contributed by atoms with Crippen LogP contribution in [0.3, 0.4) is 0 Å². The highest BCUT2D eigenvalue weighted by molar-refractivity contribution is 6.31. The zero-order chi connectivity index (χ0) is 17.7. The number of ether oxygens (including phenoxy) is 1. The van der Waals surface area contributed by atoms with E-state index >= 15 is 0 Å². The minimum atomic E-state index is -4.57. The zero-order valence-corrected chi connectivity index (χ0v) is 12.6. The van der Waals surface area contributed by atoms with Crippen molar-refractivity contribution in [2.75, 3.05) is 5.32 Å². The molecule has 1 aromatic carbocycles. The standard InChI is InChI=1S/C15H9ClF3N3O2/c16-10-7-9(15(17,18)19)8-21-14(10)24-12-4-2-1-3-11(12)22-13(23)5-6-20/h1-4,7-8H,5H2,(H,22,23). The number of rotatable bonds is 4. The van der Waals surface area contributed by atoms with Crippen molar-refractivity contribution in [1.82, 2.24) is 4.98 Å². The number of para-hydroxylation sites is 2. The van der Waals surface area contributed by atoms with Crippen LogP contribution in [0.4, 0.5) is 18.9 Å². The molecule has 0 aliphatic heterocycles. The average molecular weight is 356 g/mol. The first-order chi connectivity index (χ1) is 11.3. The van der Waals surface area contributed by atoms with E-state index in [2.05, 4.69) is 10.3 Å². The van der Waals surface area contributed by atoms with Crippen molar-refractivity contribution in [3.8, 4) is 17.7 Å². The molecular weight excluding hydrogens is 347 g/mol. The number of benzene rings is 1. The number of halogens is 4. The number of pyridine rings is 1. The van der Waals surface area contributed by atoms with Gasteiger partial charge in [0.2, 0.25) is 11.8 Å². The van der Waals surface area contributed by atoms with E-state index in [1.54, 1.807) is 18.2 Å². The van der Waals surface area contributed by atoms with Crippen LogP contribution >= 0.6 is 11.6 Å². The first kappa shape index (κ1) is 17.6. The number of carbonyl (C=O) groups excluding carboxylic acids is 1. The van der Waals surface area contributed by atoms with E-state index in [9.17, 15) is 18.0 Å². The van der Waals surface area contributed by atoms with Gasteiger partial charge >= 0.3 is 6.18 Å². The van der Waals surface area contributed by atoms with E-state index in [-0.39, 0.29) is 28.8 Å². The SMILES string of the molecule is N#CCC(=O)Nc1ccccc1Oc1ncc(C(F)(F)F)cc1Cl. The molecule has 5 nitrogen and oxygen atoms in total. The van der Waals surface area contributed by atoms with E-state index in [0.717, 1.165) is 0 Å². The molecule has 0 unspecified atom stereocenters. The van der Waals surface area contributed by atoms with E-state index < -0.39 is 17.6 Å². The fraction of sp³-hybridized carbons (Fsp3) is 0.133. The third-order valence-electron chi connectivity index (χ3n) is 2.74. The second kappa shape index (κ2) is 7.19. The molecule has 0 bridgehead atoms. The Labute approximate surface area is 139 Å². The van der Waals surface area contributed by atoms with Crippen LogP contribution in [0.5, 0.6) is 11.6 Å². The largest absolute Gasteiger partial charge is 0.435 e. The summed E-state index contributed by atoms with van der Waals surface area (Å²) in [7, 11) is 0. The normalized spacial score (nSPS) is 10.8. The Hall–Kier alpha value is -2.79. The van der Waals surface area contributed by atoms with Gasteiger partial charge in [-0.1, -0.05) is 23.7 Å². The van der Waals surface area contributed by atoms with Crippen LogP contribution < -0.4 is 10.1 Å². The highest BCUT2D eigenvalue weighted by Gasteiger charge is 2.31. The molecule has 0 aliphatic rings. The van der Waals surface area contributed by atoms with Crippen LogP contribution in [0.15, 0.2) is 36.5 Å². The molecule has 124 valence electrons. The van der Waals surface area contributed by atoms with E-state index in [1.165, 1.54) is 12.1 Å². The first-order valence-corrected chi connectivity index (χ1v) is 6.85. The molecule has 24 heavy (non-hydrogen) atoms. The average Bonchev–Trinajstić information content (AvgIpc) is 2.50. The third kappa shape index (κ3) is 4.36. The number of aromatic nitrogens is 1. The summed E-state index contributed by atoms with van der Waals surface area (Å²) in [6.45, 7) is 0. The third-order valence-corrected chi connectivity index (χ3v) is 3.01. The van der Waals surface area contributed by atoms with Gasteiger partial charge in [0, 0.05) is 6.20 Å². The number of amides is 1. The van der Waals surface area contributed by atoms with Crippen molar-refractivity contribution >= 4 is 23.2 Å². The maximum Gasteiger partial charge on any atom is 0.417 e. The van der Waals surface area contributed by atoms with E-state index in [0.29, 0.717) is 12.3 Å². The molecule has 2 aromatic rings. The number of carbonyl (C=O) groups is 1. The molecule has 0 spiro atoms. The quantitative estimate of drug-likeness (QED) is 0.882. The first-order valence-electron chi connectivity index (χ1n) is 6.47. The summed E-state index contributed by atoms with van der Waals surface area (Å²) in [6.07, 6.45) is -4.33. The number of hydrogen-bond acceptors (Lipinski definition) is 4. The van der Waals surface area contributed by atoms with Crippen molar-refractivity contribution in [2.24, 2.45) is 0 Å². The van der Waals surface area contributed by atoms with Gasteiger partial charge in [-0.3, -0.25) is 4.79 Å². The smallest absolute Gasteiger partial charge is 0.417 e. The molecule has 1 heterocycles. The molecular formula is C15H9ClF3N3O2. The van der Waals surface area contributed by atoms with E-state index in [1.807, 2.05) is 0 Å². The summed E-state index contributed by atoms with van der Waals surface area (Å²) >= 11 is 5.78. The maximum atomic E-state index is 12.6. The highest BCUT2D eigenvalue weighted by Crippen LogP contribution is 2.36. The highest BCUT2D eigenvalue weighted by atomic mass is 35.5. The van der Waals surface area contributed by atoms with Crippen molar-refractivity contribution in [2.45, 2.75) is 12.6 Å². The second-order valence-corrected chi connectivity index (χ2v) is 4.90. The van der Waals surface area contributed by atoms with Gasteiger partial charge in [0.15, 0.2) is 5.75 Å². The lowest BCUT2D eigenvalue weighted by Crippen LogP contribution is -2.11. The topological polar surface area (TPSA) is 75.0 Å². The number of nitrogens with one attached hydrogen (secondary N) is 1. The molecule has 1 N–H and O–H groups in total. The van der Waals surface area contributed by atoms with Crippen LogP contribution in [0.25, 0.3) is 0 Å². The number of hydrogen-bond donors (Lipinski definition) is 1. The Balaban J connectivity index is 2.26. The molecule has 1 aromatic heterocycles. The predicted octanol–water partition coefficient (Wildman–Crippen LogP) is 4.40. The molecule has 0 fully saturated rings. The zero-order valence-electron chi connectivity index (χ0n) is 11.9. The number of nitrogens with zero attached hydrogens (tertiary/aromatic N) is 2. The number of anilines is 1. The summed E-state index contributed by atoms with van der Waals surface area (Å²) in [5.41, 5.74) is -0.772. The van der Waals surface area contributed by atoms with Crippen molar-refractivity contribution in [1.29, 1.82) is 5.26 Å². The minimum Gasteiger partial charge on any atom is -0.435 e. The molecule has 0 aliphatic carbocycles. The lowest BCUT2D eigenvalue weighted by molar-refractivity contribution is -0.137. The van der Waals surface area contributed by atoms with Gasteiger partial charge in [0.25, 0.3) is 0 Å². The summed E-state index contributed by atoms with van der Waals surface area (Å²) in [6, 6.07) is 8.56.